The van der Waals surface area contributed by atoms with Gasteiger partial charge in [0.2, 0.25) is 0 Å². The molecule has 0 atom stereocenters. The summed E-state index contributed by atoms with van der Waals surface area (Å²) in [5.74, 6) is -0.778. The molecule has 1 aliphatic heterocycles. The molecule has 7 nitrogen and oxygen atoms in total. The molecule has 0 aliphatic carbocycles. The zero-order valence-electron chi connectivity index (χ0n) is 12.7. The first-order valence-corrected chi connectivity index (χ1v) is 7.11. The summed E-state index contributed by atoms with van der Waals surface area (Å²) < 4.78 is 24.0. The Morgan fingerprint density at radius 3 is 2.54 bits per heavy atom. The van der Waals surface area contributed by atoms with Crippen molar-refractivity contribution in [1.82, 2.24) is 0 Å². The number of nitrogens with zero attached hydrogens (tertiary/aromatic N) is 1. The van der Waals surface area contributed by atoms with Crippen LogP contribution in [0.25, 0.3) is 0 Å². The summed E-state index contributed by atoms with van der Waals surface area (Å²) in [6, 6.07) is 6.33. The number of benzene rings is 2. The fourth-order valence-electron chi connectivity index (χ4n) is 2.33. The summed E-state index contributed by atoms with van der Waals surface area (Å²) in [6.07, 6.45) is 0. The molecule has 0 fully saturated rings. The second kappa shape index (κ2) is 6.15. The van der Waals surface area contributed by atoms with Gasteiger partial charge in [-0.2, -0.15) is 0 Å². The number of halogens is 1. The molecule has 2 aromatic rings. The lowest BCUT2D eigenvalue weighted by molar-refractivity contribution is -0.385. The van der Waals surface area contributed by atoms with E-state index in [1.165, 1.54) is 18.2 Å². The largest absolute Gasteiger partial charge is 0.486 e. The number of hydrogen-bond acceptors (Lipinski definition) is 5. The van der Waals surface area contributed by atoms with Crippen LogP contribution < -0.4 is 14.8 Å². The van der Waals surface area contributed by atoms with Gasteiger partial charge in [-0.1, -0.05) is 6.07 Å². The number of fused-ring (bicyclic) bond motifs is 1. The number of hydrogen-bond donors (Lipinski definition) is 1. The Morgan fingerprint density at radius 1 is 1.21 bits per heavy atom. The van der Waals surface area contributed by atoms with Crippen LogP contribution in [0.2, 0.25) is 0 Å². The van der Waals surface area contributed by atoms with E-state index in [0.717, 1.165) is 12.1 Å². The van der Waals surface area contributed by atoms with Gasteiger partial charge in [0, 0.05) is 11.8 Å². The topological polar surface area (TPSA) is 90.7 Å². The van der Waals surface area contributed by atoms with E-state index in [2.05, 4.69) is 5.32 Å². The number of nitro benzene ring substituents is 1. The zero-order chi connectivity index (χ0) is 17.3. The van der Waals surface area contributed by atoms with Crippen molar-refractivity contribution in [2.45, 2.75) is 6.92 Å². The molecule has 0 spiro atoms. The van der Waals surface area contributed by atoms with Crippen LogP contribution >= 0.6 is 0 Å². The lowest BCUT2D eigenvalue weighted by atomic mass is 10.1. The molecule has 1 heterocycles. The highest BCUT2D eigenvalue weighted by Crippen LogP contribution is 2.37. The van der Waals surface area contributed by atoms with Crippen LogP contribution in [0.15, 0.2) is 30.3 Å². The van der Waals surface area contributed by atoms with E-state index < -0.39 is 22.3 Å². The molecular formula is C16H13FN2O5. The van der Waals surface area contributed by atoms with Crippen molar-refractivity contribution in [1.29, 1.82) is 0 Å². The first-order valence-electron chi connectivity index (χ1n) is 7.11. The van der Waals surface area contributed by atoms with E-state index in [1.807, 2.05) is 0 Å². The number of rotatable bonds is 3. The Balaban J connectivity index is 1.99. The van der Waals surface area contributed by atoms with Crippen molar-refractivity contribution in [3.05, 3.63) is 57.4 Å². The van der Waals surface area contributed by atoms with Crippen LogP contribution in [0.5, 0.6) is 11.5 Å². The minimum absolute atomic E-state index is 0.187. The average Bonchev–Trinajstić information content (AvgIpc) is 2.56. The summed E-state index contributed by atoms with van der Waals surface area (Å²) >= 11 is 0. The van der Waals surface area contributed by atoms with Gasteiger partial charge in [0.15, 0.2) is 11.5 Å². The minimum Gasteiger partial charge on any atom is -0.486 e. The summed E-state index contributed by atoms with van der Waals surface area (Å²) in [4.78, 5) is 23.0. The van der Waals surface area contributed by atoms with E-state index >= 15 is 0 Å². The van der Waals surface area contributed by atoms with Gasteiger partial charge in [-0.25, -0.2) is 4.39 Å². The monoisotopic (exact) mass is 332 g/mol. The number of amides is 1. The molecule has 1 N–H and O–H groups in total. The number of nitro groups is 1. The van der Waals surface area contributed by atoms with Crippen molar-refractivity contribution in [3.8, 4) is 11.5 Å². The third-order valence-electron chi connectivity index (χ3n) is 3.55. The first kappa shape index (κ1) is 15.7. The number of anilines is 1. The fraction of sp³-hybridized carbons (Fsp3) is 0.188. The summed E-state index contributed by atoms with van der Waals surface area (Å²) in [5.41, 5.74) is 0.271. The lowest BCUT2D eigenvalue weighted by Crippen LogP contribution is -2.19. The van der Waals surface area contributed by atoms with E-state index in [4.69, 9.17) is 9.47 Å². The van der Waals surface area contributed by atoms with E-state index in [9.17, 15) is 19.3 Å². The maximum atomic E-state index is 13.3. The highest BCUT2D eigenvalue weighted by Gasteiger charge is 2.26. The summed E-state index contributed by atoms with van der Waals surface area (Å²) in [5, 5.41) is 13.7. The Hall–Kier alpha value is -3.16. The zero-order valence-corrected chi connectivity index (χ0v) is 12.7. The normalized spacial score (nSPS) is 12.6. The van der Waals surface area contributed by atoms with Gasteiger partial charge >= 0.3 is 0 Å². The molecule has 0 aromatic heterocycles. The number of aryl methyl sites for hydroxylation is 1. The molecule has 0 radical (unpaired) electrons. The third kappa shape index (κ3) is 2.98. The Bertz CT molecular complexity index is 837. The lowest BCUT2D eigenvalue weighted by Gasteiger charge is -2.19. The van der Waals surface area contributed by atoms with Crippen LogP contribution in [-0.2, 0) is 0 Å². The van der Waals surface area contributed by atoms with Crippen molar-refractivity contribution in [2.75, 3.05) is 18.5 Å². The van der Waals surface area contributed by atoms with Crippen LogP contribution in [0, 0.1) is 22.9 Å². The molecule has 2 aromatic carbocycles. The Morgan fingerprint density at radius 2 is 1.88 bits per heavy atom. The fourth-order valence-corrected chi connectivity index (χ4v) is 2.33. The Labute approximate surface area is 136 Å². The summed E-state index contributed by atoms with van der Waals surface area (Å²) in [6.45, 7) is 2.25. The van der Waals surface area contributed by atoms with Crippen LogP contribution in [0.1, 0.15) is 15.9 Å². The maximum absolute atomic E-state index is 13.3. The Kier molecular flexibility index (Phi) is 4.03. The average molecular weight is 332 g/mol. The second-order valence-electron chi connectivity index (χ2n) is 5.18. The molecule has 1 amide bonds. The third-order valence-corrected chi connectivity index (χ3v) is 3.55. The minimum atomic E-state index is -0.729. The number of ether oxygens (including phenoxy) is 2. The maximum Gasteiger partial charge on any atom is 0.286 e. The molecule has 24 heavy (non-hydrogen) atoms. The van der Waals surface area contributed by atoms with Gasteiger partial charge in [-0.3, -0.25) is 14.9 Å². The van der Waals surface area contributed by atoms with Gasteiger partial charge in [0.1, 0.15) is 24.6 Å². The molecule has 1 aliphatic rings. The SMILES string of the molecule is Cc1ccc(F)cc1NC(=O)c1cc2c(cc1[N+](=O)[O-])OCCO2. The van der Waals surface area contributed by atoms with E-state index in [-0.39, 0.29) is 36.0 Å². The van der Waals surface area contributed by atoms with Gasteiger partial charge in [0.05, 0.1) is 11.0 Å². The second-order valence-corrected chi connectivity index (χ2v) is 5.18. The number of carbonyl (C=O) groups excluding carboxylic acids is 1. The molecule has 0 saturated carbocycles. The predicted octanol–water partition coefficient (Wildman–Crippen LogP) is 3.07. The quantitative estimate of drug-likeness (QED) is 0.689. The van der Waals surface area contributed by atoms with Crippen molar-refractivity contribution in [2.24, 2.45) is 0 Å². The van der Waals surface area contributed by atoms with Crippen molar-refractivity contribution >= 4 is 17.3 Å². The van der Waals surface area contributed by atoms with E-state index in [1.54, 1.807) is 6.92 Å². The highest BCUT2D eigenvalue weighted by molar-refractivity contribution is 6.08. The van der Waals surface area contributed by atoms with Gasteiger partial charge in [0.25, 0.3) is 11.6 Å². The van der Waals surface area contributed by atoms with Crippen LogP contribution in [0.3, 0.4) is 0 Å². The van der Waals surface area contributed by atoms with Gasteiger partial charge in [-0.15, -0.1) is 0 Å². The molecule has 3 rings (SSSR count). The van der Waals surface area contributed by atoms with Crippen LogP contribution in [0.4, 0.5) is 15.8 Å². The molecule has 124 valence electrons. The summed E-state index contributed by atoms with van der Waals surface area (Å²) in [7, 11) is 0. The number of nitrogens with one attached hydrogen (secondary N) is 1. The van der Waals surface area contributed by atoms with Gasteiger partial charge < -0.3 is 14.8 Å². The van der Waals surface area contributed by atoms with Crippen molar-refractivity contribution in [3.63, 3.8) is 0 Å². The molecular weight excluding hydrogens is 319 g/mol. The molecule has 0 saturated heterocycles. The highest BCUT2D eigenvalue weighted by atomic mass is 19.1. The van der Waals surface area contributed by atoms with Crippen molar-refractivity contribution < 1.29 is 23.6 Å². The molecule has 0 unspecified atom stereocenters. The molecule has 8 heteroatoms. The smallest absolute Gasteiger partial charge is 0.286 e. The predicted molar refractivity (Wildman–Crippen MR) is 83.2 cm³/mol. The van der Waals surface area contributed by atoms with Crippen LogP contribution in [-0.4, -0.2) is 24.0 Å². The number of carbonyl (C=O) groups is 1. The van der Waals surface area contributed by atoms with Gasteiger partial charge in [-0.05, 0) is 24.6 Å². The first-order chi connectivity index (χ1) is 11.5. The molecule has 0 bridgehead atoms. The standard InChI is InChI=1S/C16H13FN2O5/c1-9-2-3-10(17)6-12(9)18-16(20)11-7-14-15(24-5-4-23-14)8-13(11)19(21)22/h2-3,6-8H,4-5H2,1H3,(H,18,20). The van der Waals surface area contributed by atoms with E-state index in [0.29, 0.717) is 5.56 Å².